The second-order valence-electron chi connectivity index (χ2n) is 5.62. The van der Waals surface area contributed by atoms with E-state index in [1.807, 2.05) is 0 Å². The van der Waals surface area contributed by atoms with Crippen molar-refractivity contribution in [2.75, 3.05) is 19.8 Å². The minimum absolute atomic E-state index is 0.360. The Morgan fingerprint density at radius 3 is 2.29 bits per heavy atom. The zero-order chi connectivity index (χ0) is 12.5. The Labute approximate surface area is 107 Å². The van der Waals surface area contributed by atoms with Crippen molar-refractivity contribution in [2.24, 2.45) is 11.8 Å². The Bertz CT molecular complexity index is 180. The number of hydrogen-bond acceptors (Lipinski definition) is 2. The Morgan fingerprint density at radius 1 is 1.06 bits per heavy atom. The van der Waals surface area contributed by atoms with Crippen molar-refractivity contribution in [3.8, 4) is 0 Å². The third-order valence-corrected chi connectivity index (χ3v) is 3.68. The van der Waals surface area contributed by atoms with Crippen LogP contribution in [0.4, 0.5) is 0 Å². The van der Waals surface area contributed by atoms with Crippen LogP contribution in [0.3, 0.4) is 0 Å². The van der Waals surface area contributed by atoms with Gasteiger partial charge in [-0.25, -0.2) is 0 Å². The summed E-state index contributed by atoms with van der Waals surface area (Å²) in [5.41, 5.74) is 0. The fourth-order valence-corrected chi connectivity index (χ4v) is 2.52. The molecule has 0 radical (unpaired) electrons. The van der Waals surface area contributed by atoms with Crippen LogP contribution >= 0.6 is 0 Å². The van der Waals surface area contributed by atoms with E-state index < -0.39 is 0 Å². The number of ether oxygens (including phenoxy) is 2. The summed E-state index contributed by atoms with van der Waals surface area (Å²) in [6, 6.07) is 0. The fraction of sp³-hybridized carbons (Fsp3) is 1.00. The van der Waals surface area contributed by atoms with Gasteiger partial charge in [0.15, 0.2) is 0 Å². The maximum absolute atomic E-state index is 5.80. The van der Waals surface area contributed by atoms with Crippen LogP contribution in [0.15, 0.2) is 0 Å². The second kappa shape index (κ2) is 8.93. The van der Waals surface area contributed by atoms with Gasteiger partial charge in [-0.3, -0.25) is 0 Å². The first-order chi connectivity index (χ1) is 8.24. The largest absolute Gasteiger partial charge is 0.381 e. The predicted octanol–water partition coefficient (Wildman–Crippen LogP) is 4.03. The van der Waals surface area contributed by atoms with Gasteiger partial charge in [-0.15, -0.1) is 0 Å². The van der Waals surface area contributed by atoms with Crippen molar-refractivity contribution in [1.29, 1.82) is 0 Å². The maximum Gasteiger partial charge on any atom is 0.0519 e. The average Bonchev–Trinajstić information content (AvgIpc) is 2.33. The van der Waals surface area contributed by atoms with Crippen molar-refractivity contribution in [3.05, 3.63) is 0 Å². The first-order valence-corrected chi connectivity index (χ1v) is 7.43. The molecule has 0 aromatic carbocycles. The van der Waals surface area contributed by atoms with Crippen LogP contribution < -0.4 is 0 Å². The average molecular weight is 242 g/mol. The summed E-state index contributed by atoms with van der Waals surface area (Å²) in [6.45, 7) is 9.27. The van der Waals surface area contributed by atoms with Crippen molar-refractivity contribution >= 4 is 0 Å². The molecule has 0 aromatic rings. The normalized spacial score (nSPS) is 25.4. The lowest BCUT2D eigenvalue weighted by Crippen LogP contribution is -2.28. The maximum atomic E-state index is 5.80. The summed E-state index contributed by atoms with van der Waals surface area (Å²) in [5, 5.41) is 0. The molecule has 0 N–H and O–H groups in total. The number of rotatable bonds is 8. The minimum atomic E-state index is 0.360. The van der Waals surface area contributed by atoms with Gasteiger partial charge in [-0.05, 0) is 44.9 Å². The van der Waals surface area contributed by atoms with Gasteiger partial charge in [0.25, 0.3) is 0 Å². The molecule has 1 aliphatic carbocycles. The molecule has 0 spiro atoms. The highest BCUT2D eigenvalue weighted by atomic mass is 16.5. The van der Waals surface area contributed by atoms with Crippen LogP contribution in [0.5, 0.6) is 0 Å². The van der Waals surface area contributed by atoms with Crippen molar-refractivity contribution in [2.45, 2.75) is 65.4 Å². The summed E-state index contributed by atoms with van der Waals surface area (Å²) in [7, 11) is 0. The SMILES string of the molecule is CCCCOC[C@H]1CCCC[C@H]1COC(C)C. The molecule has 1 aliphatic rings. The third-order valence-electron chi connectivity index (χ3n) is 3.68. The molecule has 0 unspecified atom stereocenters. The van der Waals surface area contributed by atoms with E-state index >= 15 is 0 Å². The summed E-state index contributed by atoms with van der Waals surface area (Å²) >= 11 is 0. The Kier molecular flexibility index (Phi) is 7.87. The van der Waals surface area contributed by atoms with E-state index in [2.05, 4.69) is 20.8 Å². The smallest absolute Gasteiger partial charge is 0.0519 e. The van der Waals surface area contributed by atoms with Gasteiger partial charge in [-0.1, -0.05) is 26.2 Å². The summed E-state index contributed by atoms with van der Waals surface area (Å²) in [4.78, 5) is 0. The molecular formula is C15H30O2. The standard InChI is InChI=1S/C15H30O2/c1-4-5-10-16-11-14-8-6-7-9-15(14)12-17-13(2)3/h13-15H,4-12H2,1-3H3/t14-,15+/m1/s1. The van der Waals surface area contributed by atoms with Gasteiger partial charge in [-0.2, -0.15) is 0 Å². The monoisotopic (exact) mass is 242 g/mol. The van der Waals surface area contributed by atoms with Crippen LogP contribution in [0.1, 0.15) is 59.3 Å². The lowest BCUT2D eigenvalue weighted by molar-refractivity contribution is -0.00595. The summed E-state index contributed by atoms with van der Waals surface area (Å²) in [5.74, 6) is 1.46. The third kappa shape index (κ3) is 6.42. The van der Waals surface area contributed by atoms with Crippen LogP contribution in [0.2, 0.25) is 0 Å². The molecule has 1 rings (SSSR count). The van der Waals surface area contributed by atoms with E-state index in [1.54, 1.807) is 0 Å². The van der Waals surface area contributed by atoms with Gasteiger partial charge < -0.3 is 9.47 Å². The first-order valence-electron chi connectivity index (χ1n) is 7.43. The molecule has 17 heavy (non-hydrogen) atoms. The van der Waals surface area contributed by atoms with E-state index in [0.29, 0.717) is 6.10 Å². The van der Waals surface area contributed by atoms with Gasteiger partial charge in [0.05, 0.1) is 12.7 Å². The van der Waals surface area contributed by atoms with E-state index in [9.17, 15) is 0 Å². The highest BCUT2D eigenvalue weighted by Gasteiger charge is 2.25. The topological polar surface area (TPSA) is 18.5 Å². The molecule has 2 atom stereocenters. The van der Waals surface area contributed by atoms with Crippen molar-refractivity contribution < 1.29 is 9.47 Å². The summed E-state index contributed by atoms with van der Waals surface area (Å²) in [6.07, 6.45) is 8.19. The molecule has 0 saturated heterocycles. The van der Waals surface area contributed by atoms with Crippen molar-refractivity contribution in [3.63, 3.8) is 0 Å². The first kappa shape index (κ1) is 15.0. The van der Waals surface area contributed by atoms with Crippen LogP contribution in [0, 0.1) is 11.8 Å². The highest BCUT2D eigenvalue weighted by molar-refractivity contribution is 4.75. The van der Waals surface area contributed by atoms with Crippen LogP contribution in [0.25, 0.3) is 0 Å². The number of hydrogen-bond donors (Lipinski definition) is 0. The molecule has 0 aliphatic heterocycles. The quantitative estimate of drug-likeness (QED) is 0.598. The molecule has 0 bridgehead atoms. The highest BCUT2D eigenvalue weighted by Crippen LogP contribution is 2.30. The molecule has 2 heteroatoms. The molecule has 1 fully saturated rings. The minimum Gasteiger partial charge on any atom is -0.381 e. The molecule has 1 saturated carbocycles. The van der Waals surface area contributed by atoms with E-state index in [1.165, 1.54) is 38.5 Å². The van der Waals surface area contributed by atoms with Crippen molar-refractivity contribution in [1.82, 2.24) is 0 Å². The second-order valence-corrected chi connectivity index (χ2v) is 5.62. The predicted molar refractivity (Wildman–Crippen MR) is 72.3 cm³/mol. The van der Waals surface area contributed by atoms with Crippen LogP contribution in [-0.4, -0.2) is 25.9 Å². The lowest BCUT2D eigenvalue weighted by Gasteiger charge is -2.31. The number of unbranched alkanes of at least 4 members (excludes halogenated alkanes) is 1. The zero-order valence-corrected chi connectivity index (χ0v) is 11.9. The van der Waals surface area contributed by atoms with Gasteiger partial charge in [0, 0.05) is 13.2 Å². The van der Waals surface area contributed by atoms with E-state index in [-0.39, 0.29) is 0 Å². The van der Waals surface area contributed by atoms with Gasteiger partial charge in [0.2, 0.25) is 0 Å². The molecule has 2 nitrogen and oxygen atoms in total. The molecular weight excluding hydrogens is 212 g/mol. The van der Waals surface area contributed by atoms with E-state index in [0.717, 1.165) is 31.7 Å². The van der Waals surface area contributed by atoms with E-state index in [4.69, 9.17) is 9.47 Å². The van der Waals surface area contributed by atoms with Gasteiger partial charge in [0.1, 0.15) is 0 Å². The Morgan fingerprint density at radius 2 is 1.71 bits per heavy atom. The fourth-order valence-electron chi connectivity index (χ4n) is 2.52. The molecule has 102 valence electrons. The van der Waals surface area contributed by atoms with Crippen LogP contribution in [-0.2, 0) is 9.47 Å². The van der Waals surface area contributed by atoms with Gasteiger partial charge >= 0.3 is 0 Å². The Hall–Kier alpha value is -0.0800. The molecule has 0 aromatic heterocycles. The zero-order valence-electron chi connectivity index (χ0n) is 11.9. The molecule has 0 amide bonds. The lowest BCUT2D eigenvalue weighted by atomic mass is 9.80. The Balaban J connectivity index is 2.22. The molecule has 0 heterocycles. The summed E-state index contributed by atoms with van der Waals surface area (Å²) < 4.78 is 11.6.